The van der Waals surface area contributed by atoms with Gasteiger partial charge in [0.15, 0.2) is 0 Å². The zero-order valence-corrected chi connectivity index (χ0v) is 10.8. The van der Waals surface area contributed by atoms with E-state index in [1.165, 1.54) is 12.8 Å². The summed E-state index contributed by atoms with van der Waals surface area (Å²) in [4.78, 5) is 13.9. The number of hydrogen-bond donors (Lipinski definition) is 1. The zero-order valence-electron chi connectivity index (χ0n) is 10.8. The second-order valence-electron chi connectivity index (χ2n) is 4.79. The van der Waals surface area contributed by atoms with Gasteiger partial charge < -0.3 is 10.2 Å². The van der Waals surface area contributed by atoms with Gasteiger partial charge in [0.05, 0.1) is 0 Å². The molecular weight excluding hydrogens is 200 g/mol. The van der Waals surface area contributed by atoms with Crippen molar-refractivity contribution in [3.8, 4) is 0 Å². The number of carbonyl (C=O) groups excluding carboxylic acids is 1. The third-order valence-electron chi connectivity index (χ3n) is 3.04. The molecule has 1 fully saturated rings. The van der Waals surface area contributed by atoms with Gasteiger partial charge in [0.25, 0.3) is 0 Å². The van der Waals surface area contributed by atoms with Crippen LogP contribution in [0.1, 0.15) is 33.6 Å². The lowest BCUT2D eigenvalue weighted by molar-refractivity contribution is -0.126. The molecule has 3 heteroatoms. The van der Waals surface area contributed by atoms with E-state index in [2.05, 4.69) is 12.2 Å². The summed E-state index contributed by atoms with van der Waals surface area (Å²) in [6, 6.07) is 0. The fourth-order valence-electron chi connectivity index (χ4n) is 2.09. The highest BCUT2D eigenvalue weighted by Crippen LogP contribution is 2.13. The van der Waals surface area contributed by atoms with Crippen molar-refractivity contribution in [3.05, 3.63) is 11.6 Å². The fraction of sp³-hybridized carbons (Fsp3) is 0.769. The Hall–Kier alpha value is -0.830. The van der Waals surface area contributed by atoms with Crippen molar-refractivity contribution in [2.24, 2.45) is 5.92 Å². The molecule has 1 aliphatic rings. The van der Waals surface area contributed by atoms with Gasteiger partial charge in [-0.15, -0.1) is 0 Å². The first-order chi connectivity index (χ1) is 7.63. The minimum absolute atomic E-state index is 0.168. The Kier molecular flexibility index (Phi) is 5.53. The lowest BCUT2D eigenvalue weighted by Gasteiger charge is -2.28. The molecule has 0 spiro atoms. The van der Waals surface area contributed by atoms with Crippen LogP contribution in [0, 0.1) is 5.92 Å². The molecule has 92 valence electrons. The number of allylic oxidation sites excluding steroid dienone is 1. The van der Waals surface area contributed by atoms with Crippen LogP contribution >= 0.6 is 0 Å². The summed E-state index contributed by atoms with van der Waals surface area (Å²) in [6.45, 7) is 9.91. The molecule has 1 amide bonds. The molecule has 1 aliphatic heterocycles. The molecule has 0 aromatic carbocycles. The SMILES string of the molecule is CCN(CC1CCNCC1)C(=O)C=C(C)C. The molecule has 1 N–H and O–H groups in total. The van der Waals surface area contributed by atoms with Crippen LogP contribution in [-0.4, -0.2) is 37.0 Å². The molecule has 3 nitrogen and oxygen atoms in total. The smallest absolute Gasteiger partial charge is 0.246 e. The largest absolute Gasteiger partial charge is 0.339 e. The van der Waals surface area contributed by atoms with Crippen LogP contribution in [0.15, 0.2) is 11.6 Å². The number of amides is 1. The van der Waals surface area contributed by atoms with Crippen molar-refractivity contribution in [2.75, 3.05) is 26.2 Å². The topological polar surface area (TPSA) is 32.3 Å². The van der Waals surface area contributed by atoms with E-state index < -0.39 is 0 Å². The third kappa shape index (κ3) is 4.35. The molecular formula is C13H24N2O. The van der Waals surface area contributed by atoms with E-state index in [-0.39, 0.29) is 5.91 Å². The predicted octanol–water partition coefficient (Wildman–Crippen LogP) is 1.80. The number of nitrogens with zero attached hydrogens (tertiary/aromatic N) is 1. The summed E-state index contributed by atoms with van der Waals surface area (Å²) in [5.74, 6) is 0.844. The summed E-state index contributed by atoms with van der Waals surface area (Å²) < 4.78 is 0. The van der Waals surface area contributed by atoms with E-state index in [0.29, 0.717) is 5.92 Å². The first-order valence-electron chi connectivity index (χ1n) is 6.28. The summed E-state index contributed by atoms with van der Waals surface area (Å²) in [5, 5.41) is 3.35. The van der Waals surface area contributed by atoms with Gasteiger partial charge in [-0.1, -0.05) is 5.57 Å². The van der Waals surface area contributed by atoms with Gasteiger partial charge in [0, 0.05) is 19.2 Å². The molecule has 1 rings (SSSR count). The van der Waals surface area contributed by atoms with Crippen LogP contribution in [0.4, 0.5) is 0 Å². The Bertz CT molecular complexity index is 251. The van der Waals surface area contributed by atoms with Crippen molar-refractivity contribution >= 4 is 5.91 Å². The Morgan fingerprint density at radius 2 is 2.00 bits per heavy atom. The molecule has 1 heterocycles. The van der Waals surface area contributed by atoms with Gasteiger partial charge in [-0.25, -0.2) is 0 Å². The van der Waals surface area contributed by atoms with E-state index >= 15 is 0 Å². The molecule has 0 saturated carbocycles. The Balaban J connectivity index is 2.47. The number of piperidine rings is 1. The molecule has 0 radical (unpaired) electrons. The molecule has 0 unspecified atom stereocenters. The lowest BCUT2D eigenvalue weighted by Crippen LogP contribution is -2.38. The van der Waals surface area contributed by atoms with Crippen LogP contribution in [0.2, 0.25) is 0 Å². The summed E-state index contributed by atoms with van der Waals surface area (Å²) in [6.07, 6.45) is 4.13. The number of nitrogens with one attached hydrogen (secondary N) is 1. The first-order valence-corrected chi connectivity index (χ1v) is 6.28. The van der Waals surface area contributed by atoms with E-state index in [1.807, 2.05) is 18.7 Å². The van der Waals surface area contributed by atoms with E-state index in [1.54, 1.807) is 6.08 Å². The Labute approximate surface area is 98.9 Å². The van der Waals surface area contributed by atoms with Gasteiger partial charge in [-0.05, 0) is 52.6 Å². The molecule has 16 heavy (non-hydrogen) atoms. The van der Waals surface area contributed by atoms with E-state index in [0.717, 1.165) is 31.8 Å². The second-order valence-corrected chi connectivity index (χ2v) is 4.79. The molecule has 0 aliphatic carbocycles. The highest BCUT2D eigenvalue weighted by Gasteiger charge is 2.18. The maximum atomic E-state index is 11.9. The Morgan fingerprint density at radius 3 is 2.50 bits per heavy atom. The van der Waals surface area contributed by atoms with Crippen LogP contribution < -0.4 is 5.32 Å². The Morgan fingerprint density at radius 1 is 1.38 bits per heavy atom. The monoisotopic (exact) mass is 224 g/mol. The summed E-state index contributed by atoms with van der Waals surface area (Å²) in [7, 11) is 0. The molecule has 0 aromatic heterocycles. The van der Waals surface area contributed by atoms with Crippen molar-refractivity contribution in [1.29, 1.82) is 0 Å². The van der Waals surface area contributed by atoms with Gasteiger partial charge >= 0.3 is 0 Å². The van der Waals surface area contributed by atoms with Crippen LogP contribution in [0.3, 0.4) is 0 Å². The van der Waals surface area contributed by atoms with Crippen molar-refractivity contribution in [1.82, 2.24) is 10.2 Å². The van der Waals surface area contributed by atoms with Crippen molar-refractivity contribution in [2.45, 2.75) is 33.6 Å². The van der Waals surface area contributed by atoms with E-state index in [9.17, 15) is 4.79 Å². The zero-order chi connectivity index (χ0) is 12.0. The highest BCUT2D eigenvalue weighted by atomic mass is 16.2. The van der Waals surface area contributed by atoms with Crippen LogP contribution in [0.5, 0.6) is 0 Å². The maximum absolute atomic E-state index is 11.9. The minimum atomic E-state index is 0.168. The normalized spacial score (nSPS) is 16.9. The van der Waals surface area contributed by atoms with E-state index in [4.69, 9.17) is 0 Å². The van der Waals surface area contributed by atoms with Crippen molar-refractivity contribution < 1.29 is 4.79 Å². The molecule has 0 atom stereocenters. The van der Waals surface area contributed by atoms with Crippen LogP contribution in [0.25, 0.3) is 0 Å². The summed E-state index contributed by atoms with van der Waals surface area (Å²) >= 11 is 0. The standard InChI is InChI=1S/C13H24N2O/c1-4-15(13(16)9-11(2)3)10-12-5-7-14-8-6-12/h9,12,14H,4-8,10H2,1-3H3. The number of carbonyl (C=O) groups is 1. The highest BCUT2D eigenvalue weighted by molar-refractivity contribution is 5.88. The lowest BCUT2D eigenvalue weighted by atomic mass is 9.97. The maximum Gasteiger partial charge on any atom is 0.246 e. The number of hydrogen-bond acceptors (Lipinski definition) is 2. The van der Waals surface area contributed by atoms with Gasteiger partial charge in [0.1, 0.15) is 0 Å². The van der Waals surface area contributed by atoms with Gasteiger partial charge in [-0.2, -0.15) is 0 Å². The van der Waals surface area contributed by atoms with Gasteiger partial charge in [0.2, 0.25) is 5.91 Å². The van der Waals surface area contributed by atoms with Crippen LogP contribution in [-0.2, 0) is 4.79 Å². The molecule has 0 bridgehead atoms. The quantitative estimate of drug-likeness (QED) is 0.739. The first kappa shape index (κ1) is 13.2. The molecule has 0 aromatic rings. The second kappa shape index (κ2) is 6.69. The van der Waals surface area contributed by atoms with Gasteiger partial charge in [-0.3, -0.25) is 4.79 Å². The average molecular weight is 224 g/mol. The number of rotatable bonds is 4. The predicted molar refractivity (Wildman–Crippen MR) is 67.3 cm³/mol. The minimum Gasteiger partial charge on any atom is -0.339 e. The molecule has 1 saturated heterocycles. The third-order valence-corrected chi connectivity index (χ3v) is 3.04. The average Bonchev–Trinajstić information content (AvgIpc) is 2.26. The number of likely N-dealkylation sites (N-methyl/N-ethyl adjacent to an activating group) is 1. The fourth-order valence-corrected chi connectivity index (χ4v) is 2.09. The van der Waals surface area contributed by atoms with Crippen molar-refractivity contribution in [3.63, 3.8) is 0 Å². The summed E-state index contributed by atoms with van der Waals surface area (Å²) in [5.41, 5.74) is 1.08.